The minimum Gasteiger partial charge on any atom is -0.381 e. The van der Waals surface area contributed by atoms with Crippen molar-refractivity contribution in [2.75, 3.05) is 20.3 Å². The third-order valence-electron chi connectivity index (χ3n) is 5.31. The van der Waals surface area contributed by atoms with Gasteiger partial charge in [0.15, 0.2) is 0 Å². The fourth-order valence-corrected chi connectivity index (χ4v) is 4.68. The van der Waals surface area contributed by atoms with Crippen LogP contribution in [0.1, 0.15) is 29.5 Å². The molecule has 1 aliphatic rings. The summed E-state index contributed by atoms with van der Waals surface area (Å²) in [5, 5.41) is 3.61. The zero-order valence-electron chi connectivity index (χ0n) is 16.3. The summed E-state index contributed by atoms with van der Waals surface area (Å²) in [5.74, 6) is -0.151. The Hall–Kier alpha value is -1.93. The molecule has 1 aliphatic heterocycles. The van der Waals surface area contributed by atoms with Gasteiger partial charge >= 0.3 is 0 Å². The summed E-state index contributed by atoms with van der Waals surface area (Å²) < 4.78 is 31.1. The Kier molecular flexibility index (Phi) is 6.95. The van der Waals surface area contributed by atoms with Gasteiger partial charge < -0.3 is 10.1 Å². The first-order valence-corrected chi connectivity index (χ1v) is 11.5. The van der Waals surface area contributed by atoms with Gasteiger partial charge in [0.2, 0.25) is 15.9 Å². The standard InChI is InChI=1S/C21H25ClN2O4S/c1-23-29(26,27)15-17-8-6-16(7-9-17)14-24-20(25)21(10-12-28-13-11-21)18-4-2-3-5-19(18)22/h2-9,23H,10-15H2,1H3,(H,24,25). The van der Waals surface area contributed by atoms with E-state index in [1.165, 1.54) is 7.05 Å². The Morgan fingerprint density at radius 2 is 1.69 bits per heavy atom. The van der Waals surface area contributed by atoms with Crippen molar-refractivity contribution < 1.29 is 17.9 Å². The normalized spacial score (nSPS) is 16.3. The molecular formula is C21H25ClN2O4S. The van der Waals surface area contributed by atoms with Crippen LogP contribution in [0.25, 0.3) is 0 Å². The van der Waals surface area contributed by atoms with Gasteiger partial charge in [-0.05, 0) is 42.6 Å². The van der Waals surface area contributed by atoms with Crippen molar-refractivity contribution in [3.8, 4) is 0 Å². The molecule has 8 heteroatoms. The molecule has 1 amide bonds. The van der Waals surface area contributed by atoms with E-state index in [4.69, 9.17) is 16.3 Å². The van der Waals surface area contributed by atoms with Crippen molar-refractivity contribution in [3.63, 3.8) is 0 Å². The lowest BCUT2D eigenvalue weighted by molar-refractivity contribution is -0.130. The highest BCUT2D eigenvalue weighted by Gasteiger charge is 2.42. The van der Waals surface area contributed by atoms with Crippen LogP contribution in [0.4, 0.5) is 0 Å². The van der Waals surface area contributed by atoms with Gasteiger partial charge in [-0.25, -0.2) is 13.1 Å². The van der Waals surface area contributed by atoms with E-state index in [9.17, 15) is 13.2 Å². The number of carbonyl (C=O) groups is 1. The van der Waals surface area contributed by atoms with Crippen molar-refractivity contribution >= 4 is 27.5 Å². The van der Waals surface area contributed by atoms with Crippen molar-refractivity contribution in [1.82, 2.24) is 10.0 Å². The zero-order valence-corrected chi connectivity index (χ0v) is 17.9. The number of rotatable bonds is 7. The number of benzene rings is 2. The lowest BCUT2D eigenvalue weighted by Crippen LogP contribution is -2.48. The Morgan fingerprint density at radius 1 is 1.07 bits per heavy atom. The van der Waals surface area contributed by atoms with Crippen molar-refractivity contribution in [2.45, 2.75) is 30.6 Å². The molecule has 3 rings (SSSR count). The van der Waals surface area contributed by atoms with Gasteiger partial charge in [-0.2, -0.15) is 0 Å². The second-order valence-corrected chi connectivity index (χ2v) is 9.47. The van der Waals surface area contributed by atoms with E-state index in [1.54, 1.807) is 18.2 Å². The minimum absolute atomic E-state index is 0.0734. The van der Waals surface area contributed by atoms with Gasteiger partial charge in [0.25, 0.3) is 0 Å². The van der Waals surface area contributed by atoms with E-state index < -0.39 is 15.4 Å². The molecule has 0 spiro atoms. The Bertz CT molecular complexity index is 955. The lowest BCUT2D eigenvalue weighted by Gasteiger charge is -2.36. The van der Waals surface area contributed by atoms with Gasteiger partial charge in [0, 0.05) is 24.8 Å². The monoisotopic (exact) mass is 436 g/mol. The first kappa shape index (κ1) is 21.8. The van der Waals surface area contributed by atoms with Crippen LogP contribution < -0.4 is 10.0 Å². The van der Waals surface area contributed by atoms with E-state index >= 15 is 0 Å². The molecule has 1 saturated heterocycles. The summed E-state index contributed by atoms with van der Waals surface area (Å²) in [6, 6.07) is 14.6. The maximum absolute atomic E-state index is 13.2. The number of halogens is 1. The smallest absolute Gasteiger partial charge is 0.231 e. The second kappa shape index (κ2) is 9.26. The van der Waals surface area contributed by atoms with Gasteiger partial charge in [-0.3, -0.25) is 4.79 Å². The third-order valence-corrected chi connectivity index (χ3v) is 6.98. The zero-order chi connectivity index (χ0) is 20.9. The number of hydrogen-bond donors (Lipinski definition) is 2. The number of amides is 1. The van der Waals surface area contributed by atoms with Gasteiger partial charge in [0.1, 0.15) is 0 Å². The Labute approximate surface area is 176 Å². The molecule has 1 heterocycles. The van der Waals surface area contributed by atoms with E-state index in [0.29, 0.717) is 43.2 Å². The molecule has 0 bridgehead atoms. The van der Waals surface area contributed by atoms with E-state index in [2.05, 4.69) is 10.0 Å². The molecule has 1 fully saturated rings. The molecule has 2 N–H and O–H groups in total. The molecule has 29 heavy (non-hydrogen) atoms. The molecule has 0 saturated carbocycles. The molecular weight excluding hydrogens is 412 g/mol. The van der Waals surface area contributed by atoms with Gasteiger partial charge in [-0.1, -0.05) is 54.1 Å². The SMILES string of the molecule is CNS(=O)(=O)Cc1ccc(CNC(=O)C2(c3ccccc3Cl)CCOCC2)cc1. The Balaban J connectivity index is 1.72. The number of ether oxygens (including phenoxy) is 1. The van der Waals surface area contributed by atoms with Crippen LogP contribution in [-0.2, 0) is 37.3 Å². The summed E-state index contributed by atoms with van der Waals surface area (Å²) in [6.45, 7) is 1.37. The van der Waals surface area contributed by atoms with Crippen LogP contribution in [-0.4, -0.2) is 34.6 Å². The highest BCUT2D eigenvalue weighted by Crippen LogP contribution is 2.38. The van der Waals surface area contributed by atoms with E-state index in [0.717, 1.165) is 11.1 Å². The molecule has 156 valence electrons. The maximum Gasteiger partial charge on any atom is 0.231 e. The van der Waals surface area contributed by atoms with Crippen LogP contribution in [0.15, 0.2) is 48.5 Å². The highest BCUT2D eigenvalue weighted by atomic mass is 35.5. The van der Waals surface area contributed by atoms with Crippen LogP contribution in [0.5, 0.6) is 0 Å². The summed E-state index contributed by atoms with van der Waals surface area (Å²) >= 11 is 6.42. The van der Waals surface area contributed by atoms with Crippen LogP contribution >= 0.6 is 11.6 Å². The van der Waals surface area contributed by atoms with Crippen LogP contribution in [0, 0.1) is 0 Å². The number of nitrogens with one attached hydrogen (secondary N) is 2. The quantitative estimate of drug-likeness (QED) is 0.699. The summed E-state index contributed by atoms with van der Waals surface area (Å²) in [7, 11) is -1.92. The predicted octanol–water partition coefficient (Wildman–Crippen LogP) is 2.75. The molecule has 2 aromatic carbocycles. The van der Waals surface area contributed by atoms with E-state index in [-0.39, 0.29) is 11.7 Å². The largest absolute Gasteiger partial charge is 0.381 e. The average molecular weight is 437 g/mol. The summed E-state index contributed by atoms with van der Waals surface area (Å²) in [6.07, 6.45) is 1.15. The summed E-state index contributed by atoms with van der Waals surface area (Å²) in [4.78, 5) is 13.2. The molecule has 0 aliphatic carbocycles. The molecule has 2 aromatic rings. The Morgan fingerprint density at radius 3 is 2.31 bits per heavy atom. The highest BCUT2D eigenvalue weighted by molar-refractivity contribution is 7.88. The summed E-state index contributed by atoms with van der Waals surface area (Å²) in [5.41, 5.74) is 1.70. The second-order valence-electron chi connectivity index (χ2n) is 7.14. The van der Waals surface area contributed by atoms with E-state index in [1.807, 2.05) is 30.3 Å². The molecule has 0 unspecified atom stereocenters. The third kappa shape index (κ3) is 5.17. The topological polar surface area (TPSA) is 84.5 Å². The first-order valence-electron chi connectivity index (χ1n) is 9.46. The van der Waals surface area contributed by atoms with Crippen LogP contribution in [0.3, 0.4) is 0 Å². The van der Waals surface area contributed by atoms with Crippen molar-refractivity contribution in [2.24, 2.45) is 0 Å². The molecule has 0 atom stereocenters. The lowest BCUT2D eigenvalue weighted by atomic mass is 9.73. The number of sulfonamides is 1. The number of carbonyl (C=O) groups excluding carboxylic acids is 1. The molecule has 0 aromatic heterocycles. The van der Waals surface area contributed by atoms with Crippen molar-refractivity contribution in [3.05, 3.63) is 70.2 Å². The number of hydrogen-bond acceptors (Lipinski definition) is 4. The fourth-order valence-electron chi connectivity index (χ4n) is 3.58. The van der Waals surface area contributed by atoms with Crippen LogP contribution in [0.2, 0.25) is 5.02 Å². The first-order chi connectivity index (χ1) is 13.9. The van der Waals surface area contributed by atoms with Gasteiger partial charge in [0.05, 0.1) is 11.2 Å². The fraction of sp³-hybridized carbons (Fsp3) is 0.381. The minimum atomic E-state index is -3.31. The van der Waals surface area contributed by atoms with Gasteiger partial charge in [-0.15, -0.1) is 0 Å². The molecule has 0 radical (unpaired) electrons. The predicted molar refractivity (Wildman–Crippen MR) is 113 cm³/mol. The average Bonchev–Trinajstić information content (AvgIpc) is 2.73. The molecule has 6 nitrogen and oxygen atoms in total. The van der Waals surface area contributed by atoms with Crippen molar-refractivity contribution in [1.29, 1.82) is 0 Å². The maximum atomic E-state index is 13.2.